The largest absolute Gasteiger partial charge is 0.300 e. The van der Waals surface area contributed by atoms with Crippen molar-refractivity contribution in [1.29, 1.82) is 0 Å². The van der Waals surface area contributed by atoms with Crippen molar-refractivity contribution < 1.29 is 9.59 Å². The molecule has 0 saturated carbocycles. The van der Waals surface area contributed by atoms with Crippen LogP contribution in [0.3, 0.4) is 0 Å². The van der Waals surface area contributed by atoms with E-state index in [1.165, 1.54) is 30.0 Å². The molecule has 0 aliphatic carbocycles. The third-order valence-electron chi connectivity index (χ3n) is 4.87. The molecule has 4 rings (SSSR count). The maximum Gasteiger partial charge on any atom is 0.264 e. The molecule has 0 radical (unpaired) electrons. The number of thioether (sulfide) groups is 1. The van der Waals surface area contributed by atoms with E-state index in [9.17, 15) is 9.59 Å². The van der Waals surface area contributed by atoms with E-state index >= 15 is 0 Å². The molecule has 32 heavy (non-hydrogen) atoms. The Bertz CT molecular complexity index is 1240. The summed E-state index contributed by atoms with van der Waals surface area (Å²) in [5, 5.41) is 5.73. The monoisotopic (exact) mass is 462 g/mol. The molecule has 1 aliphatic heterocycles. The normalized spacial score (nSPS) is 15.9. The Morgan fingerprint density at radius 1 is 1.09 bits per heavy atom. The Morgan fingerprint density at radius 2 is 1.78 bits per heavy atom. The number of rotatable bonds is 4. The van der Waals surface area contributed by atoms with Crippen molar-refractivity contribution in [3.63, 3.8) is 0 Å². The highest BCUT2D eigenvalue weighted by molar-refractivity contribution is 8.18. The molecular weight excluding hydrogens is 440 g/mol. The fourth-order valence-corrected chi connectivity index (χ4v) is 5.00. The summed E-state index contributed by atoms with van der Waals surface area (Å²) in [6.07, 6.45) is 1.72. The molecule has 162 valence electrons. The molecule has 0 atom stereocenters. The van der Waals surface area contributed by atoms with Crippen molar-refractivity contribution in [2.75, 3.05) is 4.90 Å². The van der Waals surface area contributed by atoms with E-state index in [1.54, 1.807) is 11.0 Å². The molecule has 0 bridgehead atoms. The van der Waals surface area contributed by atoms with Crippen LogP contribution < -0.4 is 10.2 Å². The van der Waals surface area contributed by atoms with E-state index in [1.807, 2.05) is 68.6 Å². The SMILES string of the molecule is CC(=O)N(c1nc(/C=C2\SC(=Nc3ccc(C)cc3)NC2=O)cs1)c1c(C)cccc1C. The Labute approximate surface area is 195 Å². The minimum atomic E-state index is -0.214. The number of para-hydroxylation sites is 1. The third kappa shape index (κ3) is 4.66. The maximum absolute atomic E-state index is 12.5. The van der Waals surface area contributed by atoms with E-state index in [4.69, 9.17) is 0 Å². The van der Waals surface area contributed by atoms with Gasteiger partial charge in [0, 0.05) is 12.3 Å². The number of aromatic nitrogens is 1. The summed E-state index contributed by atoms with van der Waals surface area (Å²) in [5.74, 6) is -0.329. The highest BCUT2D eigenvalue weighted by atomic mass is 32.2. The summed E-state index contributed by atoms with van der Waals surface area (Å²) in [6.45, 7) is 7.49. The average molecular weight is 463 g/mol. The summed E-state index contributed by atoms with van der Waals surface area (Å²) < 4.78 is 0. The number of anilines is 2. The molecule has 0 unspecified atom stereocenters. The molecule has 6 nitrogen and oxygen atoms in total. The summed E-state index contributed by atoms with van der Waals surface area (Å²) in [6, 6.07) is 13.7. The van der Waals surface area contributed by atoms with Gasteiger partial charge >= 0.3 is 0 Å². The zero-order valence-corrected chi connectivity index (χ0v) is 19.8. The first-order valence-electron chi connectivity index (χ1n) is 10.0. The van der Waals surface area contributed by atoms with Crippen molar-refractivity contribution in [1.82, 2.24) is 10.3 Å². The summed E-state index contributed by atoms with van der Waals surface area (Å²) in [7, 11) is 0. The zero-order chi connectivity index (χ0) is 22.8. The number of amides is 2. The Morgan fingerprint density at radius 3 is 2.44 bits per heavy atom. The number of carbonyl (C=O) groups is 2. The lowest BCUT2D eigenvalue weighted by Crippen LogP contribution is -2.24. The van der Waals surface area contributed by atoms with Gasteiger partial charge in [0.25, 0.3) is 5.91 Å². The second-order valence-electron chi connectivity index (χ2n) is 7.47. The minimum Gasteiger partial charge on any atom is -0.300 e. The van der Waals surface area contributed by atoms with E-state index < -0.39 is 0 Å². The van der Waals surface area contributed by atoms with Crippen LogP contribution in [0.4, 0.5) is 16.5 Å². The van der Waals surface area contributed by atoms with Gasteiger partial charge in [-0.15, -0.1) is 11.3 Å². The van der Waals surface area contributed by atoms with Crippen LogP contribution in [0, 0.1) is 20.8 Å². The van der Waals surface area contributed by atoms with Gasteiger partial charge in [0.1, 0.15) is 0 Å². The predicted octanol–water partition coefficient (Wildman–Crippen LogP) is 5.64. The molecule has 8 heteroatoms. The molecule has 1 aliphatic rings. The number of nitrogens with zero attached hydrogens (tertiary/aromatic N) is 3. The first-order valence-corrected chi connectivity index (χ1v) is 11.7. The van der Waals surface area contributed by atoms with Gasteiger partial charge in [-0.3, -0.25) is 14.5 Å². The zero-order valence-electron chi connectivity index (χ0n) is 18.2. The van der Waals surface area contributed by atoms with Crippen molar-refractivity contribution in [2.24, 2.45) is 4.99 Å². The lowest BCUT2D eigenvalue weighted by atomic mass is 10.1. The topological polar surface area (TPSA) is 74.7 Å². The average Bonchev–Trinajstić information content (AvgIpc) is 3.33. The first-order chi connectivity index (χ1) is 15.3. The fourth-order valence-electron chi connectivity index (χ4n) is 3.34. The van der Waals surface area contributed by atoms with Gasteiger partial charge in [-0.25, -0.2) is 9.98 Å². The number of hydrogen-bond acceptors (Lipinski definition) is 6. The number of hydrogen-bond donors (Lipinski definition) is 1. The standard InChI is InChI=1S/C24H22N4O2S2/c1-14-8-10-18(11-9-14)25-23-27-22(30)20(32-23)12-19-13-31-24(26-19)28(17(4)29)21-15(2)6-5-7-16(21)3/h5-13H,1-4H3,(H,25,27,30)/b20-12-. The Hall–Kier alpha value is -3.23. The number of aliphatic imine (C=N–C) groups is 1. The van der Waals surface area contributed by atoms with Crippen LogP contribution in [0.5, 0.6) is 0 Å². The second kappa shape index (κ2) is 9.10. The molecule has 1 saturated heterocycles. The van der Waals surface area contributed by atoms with E-state index in [-0.39, 0.29) is 11.8 Å². The number of nitrogens with one attached hydrogen (secondary N) is 1. The second-order valence-corrected chi connectivity index (χ2v) is 9.33. The number of carbonyl (C=O) groups excluding carboxylic acids is 2. The maximum atomic E-state index is 12.5. The van der Waals surface area contributed by atoms with Gasteiger partial charge < -0.3 is 5.32 Å². The van der Waals surface area contributed by atoms with Crippen LogP contribution in [0.1, 0.15) is 29.3 Å². The first kappa shape index (κ1) is 22.0. The van der Waals surface area contributed by atoms with Crippen LogP contribution in [0.2, 0.25) is 0 Å². The van der Waals surface area contributed by atoms with Crippen LogP contribution >= 0.6 is 23.1 Å². The highest BCUT2D eigenvalue weighted by Crippen LogP contribution is 2.35. The van der Waals surface area contributed by atoms with E-state index in [0.29, 0.717) is 20.9 Å². The smallest absolute Gasteiger partial charge is 0.264 e. The van der Waals surface area contributed by atoms with E-state index in [0.717, 1.165) is 28.1 Å². The summed E-state index contributed by atoms with van der Waals surface area (Å²) in [5.41, 5.74) is 5.39. The van der Waals surface area contributed by atoms with Crippen molar-refractivity contribution in [3.8, 4) is 0 Å². The quantitative estimate of drug-likeness (QED) is 0.509. The van der Waals surface area contributed by atoms with Crippen molar-refractivity contribution in [3.05, 3.63) is 75.1 Å². The van der Waals surface area contributed by atoms with Crippen LogP contribution in [-0.2, 0) is 9.59 Å². The van der Waals surface area contributed by atoms with Crippen LogP contribution in [0.15, 0.2) is 57.7 Å². The molecule has 3 aromatic rings. The molecular formula is C24H22N4O2S2. The Kier molecular flexibility index (Phi) is 6.25. The lowest BCUT2D eigenvalue weighted by Gasteiger charge is -2.22. The third-order valence-corrected chi connectivity index (χ3v) is 6.63. The number of amidine groups is 1. The van der Waals surface area contributed by atoms with Gasteiger partial charge in [-0.1, -0.05) is 35.9 Å². The molecule has 1 N–H and O–H groups in total. The predicted molar refractivity (Wildman–Crippen MR) is 133 cm³/mol. The number of benzene rings is 2. The van der Waals surface area contributed by atoms with Gasteiger partial charge in [-0.2, -0.15) is 0 Å². The van der Waals surface area contributed by atoms with Gasteiger partial charge in [0.15, 0.2) is 10.3 Å². The fraction of sp³-hybridized carbons (Fsp3) is 0.167. The van der Waals surface area contributed by atoms with Gasteiger partial charge in [-0.05, 0) is 61.9 Å². The van der Waals surface area contributed by atoms with Gasteiger partial charge in [0.05, 0.1) is 22.0 Å². The minimum absolute atomic E-state index is 0.114. The van der Waals surface area contributed by atoms with Crippen LogP contribution in [-0.4, -0.2) is 22.0 Å². The van der Waals surface area contributed by atoms with Crippen LogP contribution in [0.25, 0.3) is 6.08 Å². The highest BCUT2D eigenvalue weighted by Gasteiger charge is 2.25. The molecule has 1 fully saturated rings. The lowest BCUT2D eigenvalue weighted by molar-refractivity contribution is -0.116. The van der Waals surface area contributed by atoms with Crippen molar-refractivity contribution in [2.45, 2.75) is 27.7 Å². The molecule has 2 heterocycles. The molecule has 1 aromatic heterocycles. The van der Waals surface area contributed by atoms with E-state index in [2.05, 4.69) is 15.3 Å². The summed E-state index contributed by atoms with van der Waals surface area (Å²) >= 11 is 2.64. The summed E-state index contributed by atoms with van der Waals surface area (Å²) in [4.78, 5) is 36.2. The molecule has 2 aromatic carbocycles. The number of aryl methyl sites for hydroxylation is 3. The Balaban J connectivity index is 1.60. The molecule has 0 spiro atoms. The molecule has 2 amide bonds. The van der Waals surface area contributed by atoms with Gasteiger partial charge in [0.2, 0.25) is 5.91 Å². The number of thiazole rings is 1. The van der Waals surface area contributed by atoms with Crippen molar-refractivity contribution >= 4 is 62.7 Å².